The highest BCUT2D eigenvalue weighted by atomic mass is 16.2. The summed E-state index contributed by atoms with van der Waals surface area (Å²) in [6.07, 6.45) is 1.49. The number of hydrogen-bond donors (Lipinski definition) is 3. The van der Waals surface area contributed by atoms with Gasteiger partial charge in [0.2, 0.25) is 11.8 Å². The van der Waals surface area contributed by atoms with E-state index in [1.807, 2.05) is 38.1 Å². The van der Waals surface area contributed by atoms with Crippen LogP contribution in [0, 0.1) is 11.8 Å². The molecule has 2 rings (SSSR count). The number of primary amides is 1. The summed E-state index contributed by atoms with van der Waals surface area (Å²) >= 11 is 0. The molecule has 0 saturated carbocycles. The van der Waals surface area contributed by atoms with Crippen molar-refractivity contribution in [1.29, 1.82) is 0 Å². The fourth-order valence-corrected chi connectivity index (χ4v) is 2.75. The smallest absolute Gasteiger partial charge is 0.228 e. The van der Waals surface area contributed by atoms with E-state index in [0.29, 0.717) is 0 Å². The SMILES string of the molecule is CC(N)C(C)C(=O)Nc1ccccc1N1CCC(C(N)=O)CC1. The molecule has 126 valence electrons. The number of nitrogens with two attached hydrogens (primary N) is 2. The molecule has 23 heavy (non-hydrogen) atoms. The van der Waals surface area contributed by atoms with E-state index in [0.717, 1.165) is 37.3 Å². The van der Waals surface area contributed by atoms with Gasteiger partial charge < -0.3 is 21.7 Å². The summed E-state index contributed by atoms with van der Waals surface area (Å²) in [4.78, 5) is 25.7. The Labute approximate surface area is 137 Å². The van der Waals surface area contributed by atoms with Crippen LogP contribution in [0.15, 0.2) is 24.3 Å². The Bertz CT molecular complexity index is 565. The number of carbonyl (C=O) groups is 2. The van der Waals surface area contributed by atoms with Gasteiger partial charge in [-0.25, -0.2) is 0 Å². The molecule has 6 heteroatoms. The molecule has 2 unspecified atom stereocenters. The minimum absolute atomic E-state index is 0.0499. The Hall–Kier alpha value is -2.08. The van der Waals surface area contributed by atoms with Gasteiger partial charge in [0.25, 0.3) is 0 Å². The Kier molecular flexibility index (Phi) is 5.60. The molecule has 6 nitrogen and oxygen atoms in total. The summed E-state index contributed by atoms with van der Waals surface area (Å²) in [5.41, 5.74) is 12.9. The second-order valence-electron chi connectivity index (χ2n) is 6.32. The molecule has 5 N–H and O–H groups in total. The van der Waals surface area contributed by atoms with E-state index in [1.54, 1.807) is 0 Å². The van der Waals surface area contributed by atoms with Crippen LogP contribution in [0.25, 0.3) is 0 Å². The molecule has 0 radical (unpaired) electrons. The molecular weight excluding hydrogens is 292 g/mol. The van der Waals surface area contributed by atoms with Crippen molar-refractivity contribution >= 4 is 23.2 Å². The fourth-order valence-electron chi connectivity index (χ4n) is 2.75. The van der Waals surface area contributed by atoms with Crippen LogP contribution in [0.5, 0.6) is 0 Å². The minimum atomic E-state index is -0.261. The Morgan fingerprint density at radius 2 is 1.83 bits per heavy atom. The topological polar surface area (TPSA) is 101 Å². The first-order valence-corrected chi connectivity index (χ1v) is 8.10. The molecule has 1 saturated heterocycles. The third-order valence-electron chi connectivity index (χ3n) is 4.60. The van der Waals surface area contributed by atoms with Gasteiger partial charge in [-0.2, -0.15) is 0 Å². The van der Waals surface area contributed by atoms with Crippen molar-refractivity contribution in [2.24, 2.45) is 23.3 Å². The summed E-state index contributed by atoms with van der Waals surface area (Å²) < 4.78 is 0. The molecular formula is C17H26N4O2. The number of nitrogens with zero attached hydrogens (tertiary/aromatic N) is 1. The quantitative estimate of drug-likeness (QED) is 0.762. The normalized spacial score (nSPS) is 18.3. The number of rotatable bonds is 5. The molecule has 1 fully saturated rings. The molecule has 2 amide bonds. The van der Waals surface area contributed by atoms with E-state index in [-0.39, 0.29) is 29.7 Å². The van der Waals surface area contributed by atoms with Crippen LogP contribution in [-0.4, -0.2) is 30.9 Å². The average molecular weight is 318 g/mol. The number of para-hydroxylation sites is 2. The number of anilines is 2. The number of nitrogens with one attached hydrogen (secondary N) is 1. The van der Waals surface area contributed by atoms with E-state index < -0.39 is 0 Å². The second-order valence-corrected chi connectivity index (χ2v) is 6.32. The number of benzene rings is 1. The van der Waals surface area contributed by atoms with Crippen molar-refractivity contribution in [3.8, 4) is 0 Å². The van der Waals surface area contributed by atoms with Crippen molar-refractivity contribution in [3.05, 3.63) is 24.3 Å². The van der Waals surface area contributed by atoms with E-state index in [1.165, 1.54) is 0 Å². The first-order valence-electron chi connectivity index (χ1n) is 8.10. The summed E-state index contributed by atoms with van der Waals surface area (Å²) in [6.45, 7) is 5.15. The molecule has 1 aromatic carbocycles. The number of carbonyl (C=O) groups excluding carboxylic acids is 2. The fraction of sp³-hybridized carbons (Fsp3) is 0.529. The lowest BCUT2D eigenvalue weighted by Gasteiger charge is -2.33. The number of piperidine rings is 1. The molecule has 0 aromatic heterocycles. The van der Waals surface area contributed by atoms with Crippen molar-refractivity contribution in [2.45, 2.75) is 32.7 Å². The van der Waals surface area contributed by atoms with Gasteiger partial charge in [-0.1, -0.05) is 19.1 Å². The average Bonchev–Trinajstić information content (AvgIpc) is 2.54. The Balaban J connectivity index is 2.09. The maximum Gasteiger partial charge on any atom is 0.228 e. The first kappa shape index (κ1) is 17.3. The van der Waals surface area contributed by atoms with Gasteiger partial charge in [-0.15, -0.1) is 0 Å². The standard InChI is InChI=1S/C17H26N4O2/c1-11(12(2)18)17(23)20-14-5-3-4-6-15(14)21-9-7-13(8-10-21)16(19)22/h3-6,11-13H,7-10,18H2,1-2H3,(H2,19,22)(H,20,23). The molecule has 1 aliphatic rings. The van der Waals surface area contributed by atoms with Crippen LogP contribution < -0.4 is 21.7 Å². The van der Waals surface area contributed by atoms with Crippen LogP contribution >= 0.6 is 0 Å². The summed E-state index contributed by atoms with van der Waals surface area (Å²) in [5, 5.41) is 2.97. The highest BCUT2D eigenvalue weighted by molar-refractivity contribution is 5.96. The molecule has 1 heterocycles. The Morgan fingerprint density at radius 1 is 1.22 bits per heavy atom. The van der Waals surface area contributed by atoms with Crippen LogP contribution in [0.4, 0.5) is 11.4 Å². The molecule has 0 bridgehead atoms. The molecule has 0 spiro atoms. The third kappa shape index (κ3) is 4.22. The zero-order valence-corrected chi connectivity index (χ0v) is 13.8. The first-order chi connectivity index (χ1) is 10.9. The second kappa shape index (κ2) is 7.46. The molecule has 0 aliphatic carbocycles. The molecule has 1 aliphatic heterocycles. The zero-order chi connectivity index (χ0) is 17.0. The van der Waals surface area contributed by atoms with Gasteiger partial charge in [0.05, 0.1) is 17.3 Å². The third-order valence-corrected chi connectivity index (χ3v) is 4.60. The highest BCUT2D eigenvalue weighted by Crippen LogP contribution is 2.30. The predicted molar refractivity (Wildman–Crippen MR) is 92.0 cm³/mol. The highest BCUT2D eigenvalue weighted by Gasteiger charge is 2.25. The van der Waals surface area contributed by atoms with Crippen molar-refractivity contribution in [3.63, 3.8) is 0 Å². The minimum Gasteiger partial charge on any atom is -0.370 e. The Morgan fingerprint density at radius 3 is 2.39 bits per heavy atom. The van der Waals surface area contributed by atoms with E-state index in [9.17, 15) is 9.59 Å². The summed E-state index contributed by atoms with van der Waals surface area (Å²) in [6, 6.07) is 7.51. The lowest BCUT2D eigenvalue weighted by Crippen LogP contribution is -2.39. The molecule has 2 atom stereocenters. The zero-order valence-electron chi connectivity index (χ0n) is 13.8. The summed E-state index contributed by atoms with van der Waals surface area (Å²) in [5.74, 6) is -0.619. The van der Waals surface area contributed by atoms with Gasteiger partial charge in [0, 0.05) is 25.0 Å². The number of amides is 2. The van der Waals surface area contributed by atoms with Gasteiger partial charge >= 0.3 is 0 Å². The maximum atomic E-state index is 12.3. The van der Waals surface area contributed by atoms with Crippen molar-refractivity contribution < 1.29 is 9.59 Å². The predicted octanol–water partition coefficient (Wildman–Crippen LogP) is 1.31. The van der Waals surface area contributed by atoms with E-state index in [2.05, 4.69) is 10.2 Å². The molecule has 1 aromatic rings. The van der Waals surface area contributed by atoms with E-state index in [4.69, 9.17) is 11.5 Å². The van der Waals surface area contributed by atoms with E-state index >= 15 is 0 Å². The van der Waals surface area contributed by atoms with Gasteiger partial charge in [0.1, 0.15) is 0 Å². The maximum absolute atomic E-state index is 12.3. The van der Waals surface area contributed by atoms with Crippen LogP contribution in [0.2, 0.25) is 0 Å². The van der Waals surface area contributed by atoms with Gasteiger partial charge in [0.15, 0.2) is 0 Å². The number of hydrogen-bond acceptors (Lipinski definition) is 4. The van der Waals surface area contributed by atoms with Crippen molar-refractivity contribution in [1.82, 2.24) is 0 Å². The summed E-state index contributed by atoms with van der Waals surface area (Å²) in [7, 11) is 0. The van der Waals surface area contributed by atoms with Gasteiger partial charge in [-0.3, -0.25) is 9.59 Å². The lowest BCUT2D eigenvalue weighted by molar-refractivity contribution is -0.122. The van der Waals surface area contributed by atoms with Crippen molar-refractivity contribution in [2.75, 3.05) is 23.3 Å². The van der Waals surface area contributed by atoms with Gasteiger partial charge in [-0.05, 0) is 31.9 Å². The van der Waals surface area contributed by atoms with Crippen LogP contribution in [0.1, 0.15) is 26.7 Å². The van der Waals surface area contributed by atoms with Crippen LogP contribution in [-0.2, 0) is 9.59 Å². The lowest BCUT2D eigenvalue weighted by atomic mass is 9.95. The largest absolute Gasteiger partial charge is 0.370 e. The van der Waals surface area contributed by atoms with Crippen LogP contribution in [0.3, 0.4) is 0 Å². The monoisotopic (exact) mass is 318 g/mol.